The van der Waals surface area contributed by atoms with Gasteiger partial charge in [-0.1, -0.05) is 12.1 Å². The van der Waals surface area contributed by atoms with Crippen LogP contribution in [0, 0.1) is 11.3 Å². The van der Waals surface area contributed by atoms with Gasteiger partial charge in [0, 0.05) is 35.8 Å². The van der Waals surface area contributed by atoms with Crippen molar-refractivity contribution in [1.29, 1.82) is 5.26 Å². The molecule has 0 aliphatic rings. The van der Waals surface area contributed by atoms with Crippen molar-refractivity contribution in [3.05, 3.63) is 88.5 Å². The maximum absolute atomic E-state index is 12.3. The van der Waals surface area contributed by atoms with Crippen LogP contribution in [0.1, 0.15) is 11.1 Å². The first kappa shape index (κ1) is 19.2. The fourth-order valence-electron chi connectivity index (χ4n) is 3.25. The van der Waals surface area contributed by atoms with Crippen molar-refractivity contribution in [3.63, 3.8) is 0 Å². The Labute approximate surface area is 173 Å². The lowest BCUT2D eigenvalue weighted by atomic mass is 10.0. The molecule has 4 aromatic rings. The van der Waals surface area contributed by atoms with Gasteiger partial charge in [-0.2, -0.15) is 5.26 Å². The van der Waals surface area contributed by atoms with Gasteiger partial charge in [0.05, 0.1) is 30.9 Å². The number of nitrogens with zero attached hydrogens (tertiary/aromatic N) is 2. The van der Waals surface area contributed by atoms with Gasteiger partial charge in [-0.3, -0.25) is 9.78 Å². The number of methoxy groups -OCH3 is 1. The van der Waals surface area contributed by atoms with Crippen molar-refractivity contribution < 1.29 is 9.47 Å². The van der Waals surface area contributed by atoms with Crippen LogP contribution in [0.15, 0.2) is 71.8 Å². The molecule has 6 nitrogen and oxygen atoms in total. The van der Waals surface area contributed by atoms with Gasteiger partial charge >= 0.3 is 0 Å². The number of pyridine rings is 2. The first-order chi connectivity index (χ1) is 14.7. The maximum Gasteiger partial charge on any atom is 0.251 e. The number of aromatic nitrogens is 2. The molecule has 0 unspecified atom stereocenters. The number of nitrogens with one attached hydrogen (secondary N) is 1. The minimum Gasteiger partial charge on any atom is -0.497 e. The zero-order chi connectivity index (χ0) is 20.9. The fourth-order valence-corrected chi connectivity index (χ4v) is 3.25. The molecule has 0 saturated heterocycles. The fraction of sp³-hybridized carbons (Fsp3) is 0.125. The highest BCUT2D eigenvalue weighted by atomic mass is 16.5. The van der Waals surface area contributed by atoms with Crippen molar-refractivity contribution in [2.75, 3.05) is 13.7 Å². The van der Waals surface area contributed by atoms with E-state index in [9.17, 15) is 4.79 Å². The lowest BCUT2D eigenvalue weighted by molar-refractivity contribution is 0.325. The maximum atomic E-state index is 12.3. The molecular weight excluding hydrogens is 378 g/mol. The summed E-state index contributed by atoms with van der Waals surface area (Å²) in [5.41, 5.74) is 3.70. The first-order valence-corrected chi connectivity index (χ1v) is 9.45. The zero-order valence-electron chi connectivity index (χ0n) is 16.4. The molecule has 6 heteroatoms. The molecule has 0 saturated carbocycles. The van der Waals surface area contributed by atoms with E-state index in [0.717, 1.165) is 27.8 Å². The van der Waals surface area contributed by atoms with E-state index in [1.54, 1.807) is 31.6 Å². The highest BCUT2D eigenvalue weighted by Gasteiger charge is 2.08. The Kier molecular flexibility index (Phi) is 5.44. The normalized spacial score (nSPS) is 10.5. The Morgan fingerprint density at radius 2 is 1.90 bits per heavy atom. The summed E-state index contributed by atoms with van der Waals surface area (Å²) in [4.78, 5) is 19.4. The van der Waals surface area contributed by atoms with Crippen molar-refractivity contribution in [1.82, 2.24) is 9.97 Å². The van der Waals surface area contributed by atoms with Gasteiger partial charge in [-0.15, -0.1) is 0 Å². The van der Waals surface area contributed by atoms with Gasteiger partial charge in [-0.25, -0.2) is 0 Å². The third-order valence-electron chi connectivity index (χ3n) is 4.87. The lowest BCUT2D eigenvalue weighted by Gasteiger charge is -2.10. The second-order valence-electron chi connectivity index (χ2n) is 6.72. The van der Waals surface area contributed by atoms with Crippen LogP contribution in [-0.2, 0) is 6.42 Å². The van der Waals surface area contributed by atoms with Crippen LogP contribution < -0.4 is 15.0 Å². The number of ether oxygens (including phenoxy) is 2. The van der Waals surface area contributed by atoms with E-state index in [1.165, 1.54) is 0 Å². The van der Waals surface area contributed by atoms with E-state index in [0.29, 0.717) is 29.9 Å². The van der Waals surface area contributed by atoms with Crippen LogP contribution in [-0.4, -0.2) is 23.7 Å². The molecule has 0 aliphatic carbocycles. The largest absolute Gasteiger partial charge is 0.497 e. The molecule has 0 atom stereocenters. The highest BCUT2D eigenvalue weighted by molar-refractivity contribution is 5.85. The summed E-state index contributed by atoms with van der Waals surface area (Å²) < 4.78 is 11.2. The summed E-state index contributed by atoms with van der Waals surface area (Å²) >= 11 is 0. The summed E-state index contributed by atoms with van der Waals surface area (Å²) in [6.45, 7) is 0.352. The standard InChI is InChI=1S/C24H19N3O3/c1-29-20-6-7-21-22(13-20)26-10-8-23(21)30-11-9-18-12-19(15-27-24(18)28)17-4-2-16(14-25)3-5-17/h2-8,10,12-13,15H,9,11H2,1H3,(H,27,28). The molecule has 0 spiro atoms. The summed E-state index contributed by atoms with van der Waals surface area (Å²) in [5.74, 6) is 1.45. The van der Waals surface area contributed by atoms with Gasteiger partial charge in [-0.05, 0) is 47.5 Å². The average Bonchev–Trinajstić information content (AvgIpc) is 2.80. The topological polar surface area (TPSA) is 88.0 Å². The number of benzene rings is 2. The van der Waals surface area contributed by atoms with Crippen LogP contribution >= 0.6 is 0 Å². The Hall–Kier alpha value is -4.11. The number of hydrogen-bond acceptors (Lipinski definition) is 5. The average molecular weight is 397 g/mol. The second kappa shape index (κ2) is 8.50. The van der Waals surface area contributed by atoms with Gasteiger partial charge in [0.1, 0.15) is 11.5 Å². The van der Waals surface area contributed by atoms with Crippen molar-refractivity contribution in [3.8, 4) is 28.7 Å². The minimum absolute atomic E-state index is 0.139. The summed E-state index contributed by atoms with van der Waals surface area (Å²) in [5, 5.41) is 9.83. The van der Waals surface area contributed by atoms with Gasteiger partial charge in [0.25, 0.3) is 5.56 Å². The molecular formula is C24H19N3O3. The van der Waals surface area contributed by atoms with Crippen LogP contribution in [0.2, 0.25) is 0 Å². The van der Waals surface area contributed by atoms with E-state index in [4.69, 9.17) is 14.7 Å². The van der Waals surface area contributed by atoms with E-state index in [1.807, 2.05) is 42.5 Å². The molecule has 1 N–H and O–H groups in total. The Morgan fingerprint density at radius 1 is 1.07 bits per heavy atom. The van der Waals surface area contributed by atoms with Gasteiger partial charge in [0.15, 0.2) is 0 Å². The number of nitriles is 1. The van der Waals surface area contributed by atoms with E-state index in [2.05, 4.69) is 16.0 Å². The molecule has 2 aromatic heterocycles. The quantitative estimate of drug-likeness (QED) is 0.529. The Bertz CT molecular complexity index is 1290. The Morgan fingerprint density at radius 3 is 2.67 bits per heavy atom. The summed E-state index contributed by atoms with van der Waals surface area (Å²) in [7, 11) is 1.62. The van der Waals surface area contributed by atoms with Crippen LogP contribution in [0.5, 0.6) is 11.5 Å². The highest BCUT2D eigenvalue weighted by Crippen LogP contribution is 2.27. The number of hydrogen-bond donors (Lipinski definition) is 1. The zero-order valence-corrected chi connectivity index (χ0v) is 16.4. The van der Waals surface area contributed by atoms with E-state index >= 15 is 0 Å². The summed E-state index contributed by atoms with van der Waals surface area (Å²) in [6.07, 6.45) is 3.83. The van der Waals surface area contributed by atoms with E-state index in [-0.39, 0.29) is 5.56 Å². The molecule has 0 bridgehead atoms. The molecule has 0 fully saturated rings. The van der Waals surface area contributed by atoms with Crippen LogP contribution in [0.4, 0.5) is 0 Å². The van der Waals surface area contributed by atoms with Crippen molar-refractivity contribution in [2.24, 2.45) is 0 Å². The van der Waals surface area contributed by atoms with Gasteiger partial charge < -0.3 is 14.5 Å². The van der Waals surface area contributed by atoms with Crippen LogP contribution in [0.3, 0.4) is 0 Å². The minimum atomic E-state index is -0.139. The monoisotopic (exact) mass is 397 g/mol. The third-order valence-corrected chi connectivity index (χ3v) is 4.87. The third kappa shape index (κ3) is 4.01. The smallest absolute Gasteiger partial charge is 0.251 e. The number of rotatable bonds is 6. The Balaban J connectivity index is 1.51. The number of H-pyrrole nitrogens is 1. The molecule has 2 heterocycles. The molecule has 30 heavy (non-hydrogen) atoms. The number of fused-ring (bicyclic) bond motifs is 1. The van der Waals surface area contributed by atoms with Crippen LogP contribution in [0.25, 0.3) is 22.0 Å². The lowest BCUT2D eigenvalue weighted by Crippen LogP contribution is -2.15. The number of aromatic amines is 1. The van der Waals surface area contributed by atoms with E-state index < -0.39 is 0 Å². The first-order valence-electron chi connectivity index (χ1n) is 9.45. The molecule has 4 rings (SSSR count). The molecule has 2 aromatic carbocycles. The molecule has 148 valence electrons. The van der Waals surface area contributed by atoms with Crippen molar-refractivity contribution >= 4 is 10.9 Å². The molecule has 0 amide bonds. The second-order valence-corrected chi connectivity index (χ2v) is 6.72. The predicted octanol–water partition coefficient (Wildman–Crippen LogP) is 4.09. The molecule has 0 aliphatic heterocycles. The molecule has 0 radical (unpaired) electrons. The summed E-state index contributed by atoms with van der Waals surface area (Å²) in [6, 6.07) is 18.6. The predicted molar refractivity (Wildman–Crippen MR) is 115 cm³/mol. The van der Waals surface area contributed by atoms with Gasteiger partial charge in [0.2, 0.25) is 0 Å². The SMILES string of the molecule is COc1ccc2c(OCCc3cc(-c4ccc(C#N)cc4)c[nH]c3=O)ccnc2c1. The van der Waals surface area contributed by atoms with Crippen molar-refractivity contribution in [2.45, 2.75) is 6.42 Å².